The molecule has 0 radical (unpaired) electrons. The quantitative estimate of drug-likeness (QED) is 0.502. The molecule has 0 aromatic rings. The monoisotopic (exact) mass is 204 g/mol. The average molecular weight is 204 g/mol. The molecular weight excluding hydrogens is 184 g/mol. The van der Waals surface area contributed by atoms with Crippen molar-refractivity contribution in [2.24, 2.45) is 11.5 Å². The number of amides is 1. The van der Waals surface area contributed by atoms with Crippen molar-refractivity contribution in [2.45, 2.75) is 25.8 Å². The first-order valence-electron chi connectivity index (χ1n) is 4.88. The molecule has 0 fully saturated rings. The summed E-state index contributed by atoms with van der Waals surface area (Å²) >= 11 is 0. The van der Waals surface area contributed by atoms with Crippen LogP contribution in [0, 0.1) is 0 Å². The van der Waals surface area contributed by atoms with Gasteiger partial charge in [0.1, 0.15) is 0 Å². The highest BCUT2D eigenvalue weighted by atomic mass is 16.5. The molecule has 0 aromatic heterocycles. The number of hydrogen-bond donors (Lipinski definition) is 2. The van der Waals surface area contributed by atoms with E-state index in [1.54, 1.807) is 0 Å². The van der Waals surface area contributed by atoms with E-state index in [2.05, 4.69) is 0 Å². The summed E-state index contributed by atoms with van der Waals surface area (Å²) in [5.41, 5.74) is 10.4. The lowest BCUT2D eigenvalue weighted by Crippen LogP contribution is -2.37. The second kappa shape index (κ2) is 8.93. The van der Waals surface area contributed by atoms with Gasteiger partial charge in [0, 0.05) is 13.2 Å². The number of carbonyl (C=O) groups is 1. The summed E-state index contributed by atoms with van der Waals surface area (Å²) in [4.78, 5) is 10.5. The molecular formula is C9H20N2O3. The van der Waals surface area contributed by atoms with Gasteiger partial charge in [-0.3, -0.25) is 4.79 Å². The zero-order valence-electron chi connectivity index (χ0n) is 8.70. The zero-order valence-corrected chi connectivity index (χ0v) is 8.70. The summed E-state index contributed by atoms with van der Waals surface area (Å²) in [6.07, 6.45) is 1.47. The van der Waals surface area contributed by atoms with E-state index in [0.717, 1.165) is 13.0 Å². The highest BCUT2D eigenvalue weighted by Gasteiger charge is 2.07. The molecule has 0 aliphatic carbocycles. The van der Waals surface area contributed by atoms with Crippen LogP contribution in [0.25, 0.3) is 0 Å². The molecule has 0 spiro atoms. The topological polar surface area (TPSA) is 87.6 Å². The predicted molar refractivity (Wildman–Crippen MR) is 53.7 cm³/mol. The van der Waals surface area contributed by atoms with E-state index in [9.17, 15) is 4.79 Å². The molecule has 0 aromatic carbocycles. The van der Waals surface area contributed by atoms with E-state index in [1.807, 2.05) is 6.92 Å². The van der Waals surface area contributed by atoms with Crippen LogP contribution in [0.1, 0.15) is 19.8 Å². The number of hydrogen-bond acceptors (Lipinski definition) is 4. The van der Waals surface area contributed by atoms with Gasteiger partial charge in [-0.1, -0.05) is 6.92 Å². The van der Waals surface area contributed by atoms with E-state index < -0.39 is 11.9 Å². The molecule has 0 rings (SSSR count). The molecule has 1 amide bonds. The molecule has 1 atom stereocenters. The maximum Gasteiger partial charge on any atom is 0.234 e. The number of rotatable bonds is 9. The predicted octanol–water partition coefficient (Wildman–Crippen LogP) is -0.368. The van der Waals surface area contributed by atoms with Crippen LogP contribution in [0.4, 0.5) is 0 Å². The molecule has 0 aliphatic heterocycles. The Labute approximate surface area is 84.7 Å². The smallest absolute Gasteiger partial charge is 0.234 e. The Kier molecular flexibility index (Phi) is 8.51. The maximum absolute atomic E-state index is 10.5. The first kappa shape index (κ1) is 13.4. The van der Waals surface area contributed by atoms with E-state index >= 15 is 0 Å². The lowest BCUT2D eigenvalue weighted by molar-refractivity contribution is -0.119. The van der Waals surface area contributed by atoms with Crippen LogP contribution in [0.15, 0.2) is 0 Å². The van der Waals surface area contributed by atoms with E-state index in [-0.39, 0.29) is 0 Å². The Morgan fingerprint density at radius 1 is 1.21 bits per heavy atom. The molecule has 0 aliphatic rings. The van der Waals surface area contributed by atoms with Crippen molar-refractivity contribution in [2.75, 3.05) is 26.4 Å². The highest BCUT2D eigenvalue weighted by molar-refractivity contribution is 5.79. The Morgan fingerprint density at radius 2 is 1.79 bits per heavy atom. The SMILES string of the molecule is CCCOCCOCCC(N)C(N)=O. The molecule has 1 unspecified atom stereocenters. The first-order chi connectivity index (χ1) is 6.68. The molecule has 0 saturated carbocycles. The number of nitrogens with two attached hydrogens (primary N) is 2. The van der Waals surface area contributed by atoms with Crippen LogP contribution in [0.5, 0.6) is 0 Å². The molecule has 84 valence electrons. The third kappa shape index (κ3) is 7.97. The van der Waals surface area contributed by atoms with Gasteiger partial charge in [0.25, 0.3) is 0 Å². The van der Waals surface area contributed by atoms with Crippen molar-refractivity contribution in [1.29, 1.82) is 0 Å². The Morgan fingerprint density at radius 3 is 2.29 bits per heavy atom. The largest absolute Gasteiger partial charge is 0.379 e. The van der Waals surface area contributed by atoms with Gasteiger partial charge in [-0.05, 0) is 12.8 Å². The minimum atomic E-state index is -0.605. The number of primary amides is 1. The van der Waals surface area contributed by atoms with Crippen molar-refractivity contribution >= 4 is 5.91 Å². The normalized spacial score (nSPS) is 12.7. The van der Waals surface area contributed by atoms with Crippen molar-refractivity contribution in [3.05, 3.63) is 0 Å². The van der Waals surface area contributed by atoms with E-state index in [0.29, 0.717) is 26.2 Å². The van der Waals surface area contributed by atoms with Gasteiger partial charge in [0.15, 0.2) is 0 Å². The first-order valence-corrected chi connectivity index (χ1v) is 4.88. The molecule has 5 nitrogen and oxygen atoms in total. The van der Waals surface area contributed by atoms with Gasteiger partial charge in [0.2, 0.25) is 5.91 Å². The van der Waals surface area contributed by atoms with Gasteiger partial charge >= 0.3 is 0 Å². The Hall–Kier alpha value is -0.650. The van der Waals surface area contributed by atoms with Crippen LogP contribution in [0.2, 0.25) is 0 Å². The standard InChI is InChI=1S/C9H20N2O3/c1-2-4-13-6-7-14-5-3-8(10)9(11)12/h8H,2-7,10H2,1H3,(H2,11,12). The third-order valence-corrected chi connectivity index (χ3v) is 1.66. The minimum Gasteiger partial charge on any atom is -0.379 e. The molecule has 4 N–H and O–H groups in total. The van der Waals surface area contributed by atoms with Crippen LogP contribution in [-0.2, 0) is 14.3 Å². The fourth-order valence-electron chi connectivity index (χ4n) is 0.819. The van der Waals surface area contributed by atoms with Gasteiger partial charge in [-0.2, -0.15) is 0 Å². The second-order valence-electron chi connectivity index (χ2n) is 3.02. The molecule has 14 heavy (non-hydrogen) atoms. The summed E-state index contributed by atoms with van der Waals surface area (Å²) in [6.45, 7) is 4.36. The van der Waals surface area contributed by atoms with Crippen molar-refractivity contribution in [3.8, 4) is 0 Å². The summed E-state index contributed by atoms with van der Waals surface area (Å²) in [5, 5.41) is 0. The maximum atomic E-state index is 10.5. The van der Waals surface area contributed by atoms with Gasteiger partial charge in [-0.25, -0.2) is 0 Å². The van der Waals surface area contributed by atoms with Crippen molar-refractivity contribution < 1.29 is 14.3 Å². The highest BCUT2D eigenvalue weighted by Crippen LogP contribution is 1.89. The average Bonchev–Trinajstić information content (AvgIpc) is 2.16. The molecule has 5 heteroatoms. The minimum absolute atomic E-state index is 0.444. The van der Waals surface area contributed by atoms with Crippen LogP contribution >= 0.6 is 0 Å². The van der Waals surface area contributed by atoms with E-state index in [1.165, 1.54) is 0 Å². The lowest BCUT2D eigenvalue weighted by atomic mass is 10.2. The zero-order chi connectivity index (χ0) is 10.8. The second-order valence-corrected chi connectivity index (χ2v) is 3.02. The number of carbonyl (C=O) groups excluding carboxylic acids is 1. The fraction of sp³-hybridized carbons (Fsp3) is 0.889. The summed E-state index contributed by atoms with van der Waals surface area (Å²) in [7, 11) is 0. The Balaban J connectivity index is 3.09. The van der Waals surface area contributed by atoms with Crippen LogP contribution in [0.3, 0.4) is 0 Å². The van der Waals surface area contributed by atoms with E-state index in [4.69, 9.17) is 20.9 Å². The van der Waals surface area contributed by atoms with Crippen molar-refractivity contribution in [3.63, 3.8) is 0 Å². The Bertz CT molecular complexity index is 153. The van der Waals surface area contributed by atoms with Gasteiger partial charge < -0.3 is 20.9 Å². The third-order valence-electron chi connectivity index (χ3n) is 1.66. The molecule has 0 bridgehead atoms. The molecule has 0 saturated heterocycles. The number of ether oxygens (including phenoxy) is 2. The van der Waals surface area contributed by atoms with Gasteiger partial charge in [0.05, 0.1) is 19.3 Å². The summed E-state index contributed by atoms with van der Waals surface area (Å²) in [6, 6.07) is -0.605. The lowest BCUT2D eigenvalue weighted by Gasteiger charge is -2.08. The van der Waals surface area contributed by atoms with Crippen LogP contribution < -0.4 is 11.5 Å². The van der Waals surface area contributed by atoms with Crippen LogP contribution in [-0.4, -0.2) is 38.4 Å². The van der Waals surface area contributed by atoms with Crippen molar-refractivity contribution in [1.82, 2.24) is 0 Å². The summed E-state index contributed by atoms with van der Waals surface area (Å²) in [5.74, 6) is -0.490. The fourth-order valence-corrected chi connectivity index (χ4v) is 0.819. The molecule has 0 heterocycles. The summed E-state index contributed by atoms with van der Waals surface area (Å²) < 4.78 is 10.4. The van der Waals surface area contributed by atoms with Gasteiger partial charge in [-0.15, -0.1) is 0 Å².